The van der Waals surface area contributed by atoms with Crippen LogP contribution in [0.5, 0.6) is 0 Å². The highest BCUT2D eigenvalue weighted by Gasteiger charge is 2.66. The first-order valence-electron chi connectivity index (χ1n) is 14.3. The van der Waals surface area contributed by atoms with E-state index in [-0.39, 0.29) is 33.0 Å². The maximum Gasteiger partial charge on any atom is 0.237 e. The minimum Gasteiger partial charge on any atom is -0.393 e. The van der Waals surface area contributed by atoms with Gasteiger partial charge in [0.25, 0.3) is 0 Å². The Kier molecular flexibility index (Phi) is 8.43. The number of amides is 2. The van der Waals surface area contributed by atoms with Gasteiger partial charge in [0.15, 0.2) is 0 Å². The fraction of sp³-hybridized carbons (Fsp3) is 0.548. The fourth-order valence-electron chi connectivity index (χ4n) is 7.19. The second-order valence-electron chi connectivity index (χ2n) is 13.0. The lowest BCUT2D eigenvalue weighted by atomic mass is 9.62. The number of aliphatic hydroxyl groups is 1. The molecule has 1 saturated carbocycles. The first-order chi connectivity index (χ1) is 19.3. The molecule has 1 saturated heterocycles. The van der Waals surface area contributed by atoms with Gasteiger partial charge in [-0.1, -0.05) is 56.1 Å². The number of anilines is 1. The molecule has 2 fully saturated rings. The van der Waals surface area contributed by atoms with Gasteiger partial charge >= 0.3 is 0 Å². The summed E-state index contributed by atoms with van der Waals surface area (Å²) in [7, 11) is 0. The smallest absolute Gasteiger partial charge is 0.237 e. The van der Waals surface area contributed by atoms with Crippen LogP contribution in [0.1, 0.15) is 76.3 Å². The third-order valence-corrected chi connectivity index (χ3v) is 9.48. The number of benzene rings is 2. The van der Waals surface area contributed by atoms with Crippen LogP contribution >= 0.6 is 23.2 Å². The lowest BCUT2D eigenvalue weighted by molar-refractivity contribution is -0.123. The third-order valence-electron chi connectivity index (χ3n) is 8.90. The zero-order chi connectivity index (χ0) is 29.7. The van der Waals surface area contributed by atoms with Gasteiger partial charge in [-0.25, -0.2) is 8.78 Å². The number of rotatable bonds is 7. The van der Waals surface area contributed by atoms with Crippen LogP contribution in [0.4, 0.5) is 14.5 Å². The highest BCUT2D eigenvalue weighted by atomic mass is 35.5. The zero-order valence-corrected chi connectivity index (χ0v) is 25.0. The molecule has 10 heteroatoms. The molecule has 0 aromatic heterocycles. The fourth-order valence-corrected chi connectivity index (χ4v) is 7.53. The lowest BCUT2D eigenvalue weighted by Gasteiger charge is -2.37. The SMILES string of the molecule is CC(C)(C)C[C@H]1N[C@@H](C(=O)NCCC[C@@H]2CC[C@H](O)C2)[C@H](c2cccc(Cl)c2F)[C@@]12C(=O)Nc1cc(Cl)c(F)cc12. The van der Waals surface area contributed by atoms with Gasteiger partial charge < -0.3 is 21.1 Å². The Hall–Kier alpha value is -2.26. The van der Waals surface area contributed by atoms with Crippen molar-refractivity contribution in [1.82, 2.24) is 10.6 Å². The van der Waals surface area contributed by atoms with Crippen LogP contribution in [0.2, 0.25) is 10.0 Å². The van der Waals surface area contributed by atoms with Crippen molar-refractivity contribution in [1.29, 1.82) is 0 Å². The Balaban J connectivity index is 1.56. The van der Waals surface area contributed by atoms with Gasteiger partial charge in [0.1, 0.15) is 17.0 Å². The summed E-state index contributed by atoms with van der Waals surface area (Å²) < 4.78 is 30.8. The van der Waals surface area contributed by atoms with Gasteiger partial charge in [0.2, 0.25) is 11.8 Å². The molecule has 1 spiro atoms. The van der Waals surface area contributed by atoms with Crippen LogP contribution in [-0.2, 0) is 15.0 Å². The van der Waals surface area contributed by atoms with E-state index in [0.29, 0.717) is 30.1 Å². The molecule has 2 heterocycles. The molecule has 2 aliphatic heterocycles. The van der Waals surface area contributed by atoms with E-state index in [4.69, 9.17) is 23.2 Å². The van der Waals surface area contributed by atoms with Gasteiger partial charge in [0, 0.05) is 24.2 Å². The molecule has 1 aliphatic carbocycles. The number of hydrogen-bond donors (Lipinski definition) is 4. The van der Waals surface area contributed by atoms with Crippen molar-refractivity contribution in [3.63, 3.8) is 0 Å². The summed E-state index contributed by atoms with van der Waals surface area (Å²) in [5.74, 6) is -2.83. The molecule has 0 radical (unpaired) electrons. The normalized spacial score (nSPS) is 29.2. The Morgan fingerprint density at radius 3 is 2.61 bits per heavy atom. The quantitative estimate of drug-likeness (QED) is 0.287. The molecule has 2 aromatic rings. The van der Waals surface area contributed by atoms with E-state index < -0.39 is 41.0 Å². The van der Waals surface area contributed by atoms with Crippen molar-refractivity contribution in [2.45, 2.75) is 88.8 Å². The average molecular weight is 609 g/mol. The number of nitrogens with one attached hydrogen (secondary N) is 3. The van der Waals surface area contributed by atoms with Crippen molar-refractivity contribution in [3.05, 3.63) is 63.1 Å². The molecule has 6 atom stereocenters. The maximum atomic E-state index is 15.8. The molecule has 2 aromatic carbocycles. The van der Waals surface area contributed by atoms with Gasteiger partial charge in [-0.05, 0) is 79.2 Å². The van der Waals surface area contributed by atoms with E-state index in [1.165, 1.54) is 24.3 Å². The van der Waals surface area contributed by atoms with Gasteiger partial charge in [0.05, 0.1) is 22.2 Å². The van der Waals surface area contributed by atoms with Crippen LogP contribution in [-0.4, -0.2) is 41.7 Å². The number of hydrogen-bond acceptors (Lipinski definition) is 4. The number of aliphatic hydroxyl groups excluding tert-OH is 1. The van der Waals surface area contributed by atoms with E-state index in [1.54, 1.807) is 6.07 Å². The monoisotopic (exact) mass is 607 g/mol. The molecule has 0 unspecified atom stereocenters. The van der Waals surface area contributed by atoms with E-state index in [9.17, 15) is 14.7 Å². The number of halogens is 4. The first kappa shape index (κ1) is 30.2. The van der Waals surface area contributed by atoms with Gasteiger partial charge in [-0.2, -0.15) is 0 Å². The Bertz CT molecular complexity index is 1350. The van der Waals surface area contributed by atoms with E-state index in [2.05, 4.69) is 16.0 Å². The summed E-state index contributed by atoms with van der Waals surface area (Å²) in [5.41, 5.74) is -1.02. The minimum atomic E-state index is -1.51. The van der Waals surface area contributed by atoms with Crippen molar-refractivity contribution in [3.8, 4) is 0 Å². The number of fused-ring (bicyclic) bond motifs is 2. The third kappa shape index (κ3) is 5.61. The Morgan fingerprint density at radius 2 is 1.93 bits per heavy atom. The Labute approximate surface area is 249 Å². The van der Waals surface area contributed by atoms with Crippen molar-refractivity contribution < 1.29 is 23.5 Å². The van der Waals surface area contributed by atoms with Crippen LogP contribution in [0.25, 0.3) is 0 Å². The second kappa shape index (κ2) is 11.4. The predicted octanol–water partition coefficient (Wildman–Crippen LogP) is 6.08. The van der Waals surface area contributed by atoms with Crippen molar-refractivity contribution in [2.75, 3.05) is 11.9 Å². The molecule has 6 nitrogen and oxygen atoms in total. The Morgan fingerprint density at radius 1 is 1.17 bits per heavy atom. The highest BCUT2D eigenvalue weighted by Crippen LogP contribution is 2.57. The summed E-state index contributed by atoms with van der Waals surface area (Å²) in [6.07, 6.45) is 4.37. The number of carbonyl (C=O) groups excluding carboxylic acids is 2. The summed E-state index contributed by atoms with van der Waals surface area (Å²) in [5, 5.41) is 18.8. The van der Waals surface area contributed by atoms with Crippen LogP contribution in [0, 0.1) is 23.0 Å². The van der Waals surface area contributed by atoms with Gasteiger partial charge in [-0.3, -0.25) is 9.59 Å². The topological polar surface area (TPSA) is 90.5 Å². The molecule has 5 rings (SSSR count). The molecule has 41 heavy (non-hydrogen) atoms. The summed E-state index contributed by atoms with van der Waals surface area (Å²) in [6, 6.07) is 5.51. The molecule has 4 N–H and O–H groups in total. The number of carbonyl (C=O) groups is 2. The molecular formula is C31H37Cl2F2N3O3. The molecule has 2 amide bonds. The first-order valence-corrected chi connectivity index (χ1v) is 15.0. The summed E-state index contributed by atoms with van der Waals surface area (Å²) >= 11 is 12.3. The largest absolute Gasteiger partial charge is 0.393 e. The second-order valence-corrected chi connectivity index (χ2v) is 13.8. The molecule has 3 aliphatic rings. The zero-order valence-electron chi connectivity index (χ0n) is 23.5. The summed E-state index contributed by atoms with van der Waals surface area (Å²) in [4.78, 5) is 28.0. The summed E-state index contributed by atoms with van der Waals surface area (Å²) in [6.45, 7) is 6.45. The van der Waals surface area contributed by atoms with Crippen molar-refractivity contribution >= 4 is 40.7 Å². The standard InChI is InChI=1S/C31H37Cl2F2N3O3/c1-30(2,3)15-24-31(19-13-22(34)21(33)14-23(19)37-29(31)41)25(18-7-4-8-20(32)26(18)35)27(38-24)28(40)36-11-5-6-16-9-10-17(39)12-16/h4,7-8,13-14,16-17,24-25,27,38-39H,5-6,9-12,15H2,1-3H3,(H,36,40)(H,37,41)/t16-,17+,24-,25+,27-,31+/m1/s1. The van der Waals surface area contributed by atoms with Crippen LogP contribution in [0.15, 0.2) is 30.3 Å². The predicted molar refractivity (Wildman–Crippen MR) is 156 cm³/mol. The maximum absolute atomic E-state index is 15.8. The molecular weight excluding hydrogens is 571 g/mol. The van der Waals surface area contributed by atoms with E-state index >= 15 is 8.78 Å². The molecule has 222 valence electrons. The lowest BCUT2D eigenvalue weighted by Crippen LogP contribution is -2.49. The van der Waals surface area contributed by atoms with E-state index in [0.717, 1.165) is 32.1 Å². The van der Waals surface area contributed by atoms with Gasteiger partial charge in [-0.15, -0.1) is 0 Å². The van der Waals surface area contributed by atoms with Crippen LogP contribution in [0.3, 0.4) is 0 Å². The van der Waals surface area contributed by atoms with Crippen molar-refractivity contribution in [2.24, 2.45) is 11.3 Å². The highest BCUT2D eigenvalue weighted by molar-refractivity contribution is 6.31. The molecule has 0 bridgehead atoms. The van der Waals surface area contributed by atoms with E-state index in [1.807, 2.05) is 20.8 Å². The average Bonchev–Trinajstić information content (AvgIpc) is 3.53. The minimum absolute atomic E-state index is 0.111. The van der Waals surface area contributed by atoms with Crippen LogP contribution < -0.4 is 16.0 Å².